The maximum Gasteiger partial charge on any atom is 0.0808 e. The Hall–Kier alpha value is -0.120. The first kappa shape index (κ1) is 15.3. The zero-order valence-electron chi connectivity index (χ0n) is 12.5. The first-order valence-electron chi connectivity index (χ1n) is 8.33. The maximum atomic E-state index is 5.95. The lowest BCUT2D eigenvalue weighted by Gasteiger charge is -2.31. The van der Waals surface area contributed by atoms with Gasteiger partial charge < -0.3 is 14.8 Å². The summed E-state index contributed by atoms with van der Waals surface area (Å²) in [6.07, 6.45) is 11.0. The highest BCUT2D eigenvalue weighted by molar-refractivity contribution is 4.79. The van der Waals surface area contributed by atoms with E-state index in [0.717, 1.165) is 32.3 Å². The van der Waals surface area contributed by atoms with Crippen molar-refractivity contribution in [1.29, 1.82) is 0 Å². The molecule has 1 N–H and O–H groups in total. The Kier molecular flexibility index (Phi) is 7.18. The molecule has 19 heavy (non-hydrogen) atoms. The van der Waals surface area contributed by atoms with E-state index in [0.29, 0.717) is 12.1 Å². The zero-order valence-corrected chi connectivity index (χ0v) is 12.5. The van der Waals surface area contributed by atoms with Crippen LogP contribution in [0.1, 0.15) is 58.3 Å². The lowest BCUT2D eigenvalue weighted by atomic mass is 9.84. The Morgan fingerprint density at radius 3 is 2.58 bits per heavy atom. The van der Waals surface area contributed by atoms with Gasteiger partial charge in [-0.05, 0) is 44.6 Å². The largest absolute Gasteiger partial charge is 0.377 e. The number of ether oxygens (including phenoxy) is 2. The molecule has 2 unspecified atom stereocenters. The predicted octanol–water partition coefficient (Wildman–Crippen LogP) is 3.13. The fourth-order valence-electron chi connectivity index (χ4n) is 3.43. The molecule has 1 aliphatic heterocycles. The van der Waals surface area contributed by atoms with Gasteiger partial charge in [-0.25, -0.2) is 0 Å². The Labute approximate surface area is 118 Å². The summed E-state index contributed by atoms with van der Waals surface area (Å²) >= 11 is 0. The van der Waals surface area contributed by atoms with Crippen molar-refractivity contribution in [2.75, 3.05) is 26.4 Å². The summed E-state index contributed by atoms with van der Waals surface area (Å²) in [4.78, 5) is 0. The molecule has 0 aromatic carbocycles. The van der Waals surface area contributed by atoms with Gasteiger partial charge in [0.25, 0.3) is 0 Å². The molecule has 1 aliphatic carbocycles. The van der Waals surface area contributed by atoms with Gasteiger partial charge in [0.1, 0.15) is 0 Å². The van der Waals surface area contributed by atoms with Crippen molar-refractivity contribution in [2.24, 2.45) is 5.92 Å². The van der Waals surface area contributed by atoms with E-state index in [1.807, 2.05) is 0 Å². The van der Waals surface area contributed by atoms with Crippen LogP contribution in [0.25, 0.3) is 0 Å². The minimum absolute atomic E-state index is 0.349. The minimum atomic E-state index is 0.349. The smallest absolute Gasteiger partial charge is 0.0808 e. The predicted molar refractivity (Wildman–Crippen MR) is 78.4 cm³/mol. The lowest BCUT2D eigenvalue weighted by molar-refractivity contribution is -0.0473. The molecule has 3 heteroatoms. The van der Waals surface area contributed by atoms with Crippen LogP contribution in [0.15, 0.2) is 0 Å². The van der Waals surface area contributed by atoms with Crippen LogP contribution >= 0.6 is 0 Å². The van der Waals surface area contributed by atoms with Crippen LogP contribution in [0, 0.1) is 5.92 Å². The molecule has 2 rings (SSSR count). The topological polar surface area (TPSA) is 30.5 Å². The number of hydrogen-bond acceptors (Lipinski definition) is 3. The Morgan fingerprint density at radius 1 is 1.11 bits per heavy atom. The van der Waals surface area contributed by atoms with E-state index in [1.165, 1.54) is 51.4 Å². The van der Waals surface area contributed by atoms with Crippen molar-refractivity contribution in [3.05, 3.63) is 0 Å². The molecule has 112 valence electrons. The average Bonchev–Trinajstić information content (AvgIpc) is 2.48. The number of rotatable bonds is 7. The Bertz CT molecular complexity index is 223. The zero-order chi connectivity index (χ0) is 13.3. The molecule has 0 aromatic heterocycles. The second kappa shape index (κ2) is 8.93. The SMILES string of the molecule is CCNC(COCC1CCCCO1)C1CCCCC1. The summed E-state index contributed by atoms with van der Waals surface area (Å²) in [6, 6.07) is 0.550. The number of hydrogen-bond donors (Lipinski definition) is 1. The van der Waals surface area contributed by atoms with Crippen molar-refractivity contribution < 1.29 is 9.47 Å². The number of nitrogens with one attached hydrogen (secondary N) is 1. The molecule has 1 heterocycles. The van der Waals surface area contributed by atoms with Crippen molar-refractivity contribution in [3.63, 3.8) is 0 Å². The van der Waals surface area contributed by atoms with Gasteiger partial charge in [0, 0.05) is 12.6 Å². The molecule has 0 aromatic rings. The molecule has 0 radical (unpaired) electrons. The van der Waals surface area contributed by atoms with Crippen molar-refractivity contribution in [1.82, 2.24) is 5.32 Å². The highest BCUT2D eigenvalue weighted by Gasteiger charge is 2.23. The van der Waals surface area contributed by atoms with Crippen LogP contribution in [-0.4, -0.2) is 38.5 Å². The molecule has 2 aliphatic rings. The quantitative estimate of drug-likeness (QED) is 0.770. The van der Waals surface area contributed by atoms with Crippen molar-refractivity contribution >= 4 is 0 Å². The van der Waals surface area contributed by atoms with Crippen LogP contribution < -0.4 is 5.32 Å². The fraction of sp³-hybridized carbons (Fsp3) is 1.00. The van der Waals surface area contributed by atoms with Crippen LogP contribution in [0.2, 0.25) is 0 Å². The van der Waals surface area contributed by atoms with Gasteiger partial charge in [0.15, 0.2) is 0 Å². The first-order chi connectivity index (χ1) is 9.40. The van der Waals surface area contributed by atoms with E-state index >= 15 is 0 Å². The molecule has 3 nitrogen and oxygen atoms in total. The highest BCUT2D eigenvalue weighted by atomic mass is 16.5. The Balaban J connectivity index is 1.66. The third-order valence-corrected chi connectivity index (χ3v) is 4.56. The molecule has 2 fully saturated rings. The maximum absolute atomic E-state index is 5.95. The lowest BCUT2D eigenvalue weighted by Crippen LogP contribution is -2.41. The molecule has 2 atom stereocenters. The standard InChI is InChI=1S/C16H31NO2/c1-2-17-16(14-8-4-3-5-9-14)13-18-12-15-10-6-7-11-19-15/h14-17H,2-13H2,1H3. The molecular weight excluding hydrogens is 238 g/mol. The summed E-state index contributed by atoms with van der Waals surface area (Å²) in [7, 11) is 0. The van der Waals surface area contributed by atoms with Gasteiger partial charge in [0.2, 0.25) is 0 Å². The molecule has 0 spiro atoms. The molecule has 1 saturated heterocycles. The second-order valence-electron chi connectivity index (χ2n) is 6.09. The summed E-state index contributed by atoms with van der Waals surface area (Å²) in [5.74, 6) is 0.820. The summed E-state index contributed by atoms with van der Waals surface area (Å²) in [5.41, 5.74) is 0. The summed E-state index contributed by atoms with van der Waals surface area (Å²) in [5, 5.41) is 3.62. The van der Waals surface area contributed by atoms with Gasteiger partial charge in [-0.15, -0.1) is 0 Å². The normalized spacial score (nSPS) is 27.3. The van der Waals surface area contributed by atoms with E-state index in [9.17, 15) is 0 Å². The van der Waals surface area contributed by atoms with Gasteiger partial charge in [-0.3, -0.25) is 0 Å². The first-order valence-corrected chi connectivity index (χ1v) is 8.33. The average molecular weight is 269 g/mol. The van der Waals surface area contributed by atoms with Crippen LogP contribution in [-0.2, 0) is 9.47 Å². The monoisotopic (exact) mass is 269 g/mol. The Morgan fingerprint density at radius 2 is 1.89 bits per heavy atom. The second-order valence-corrected chi connectivity index (χ2v) is 6.09. The third kappa shape index (κ3) is 5.41. The fourth-order valence-corrected chi connectivity index (χ4v) is 3.43. The molecule has 0 amide bonds. The van der Waals surface area contributed by atoms with Gasteiger partial charge in [-0.2, -0.15) is 0 Å². The van der Waals surface area contributed by atoms with Crippen LogP contribution in [0.4, 0.5) is 0 Å². The van der Waals surface area contributed by atoms with Crippen LogP contribution in [0.3, 0.4) is 0 Å². The summed E-state index contributed by atoms with van der Waals surface area (Å²) < 4.78 is 11.7. The van der Waals surface area contributed by atoms with Crippen molar-refractivity contribution in [2.45, 2.75) is 70.4 Å². The molecule has 1 saturated carbocycles. The van der Waals surface area contributed by atoms with Gasteiger partial charge >= 0.3 is 0 Å². The summed E-state index contributed by atoms with van der Waals surface area (Å²) in [6.45, 7) is 5.81. The van der Waals surface area contributed by atoms with Gasteiger partial charge in [-0.1, -0.05) is 26.2 Å². The third-order valence-electron chi connectivity index (χ3n) is 4.56. The molecular formula is C16H31NO2. The van der Waals surface area contributed by atoms with E-state index in [1.54, 1.807) is 0 Å². The molecule has 0 bridgehead atoms. The van der Waals surface area contributed by atoms with E-state index in [2.05, 4.69) is 12.2 Å². The highest BCUT2D eigenvalue weighted by Crippen LogP contribution is 2.26. The van der Waals surface area contributed by atoms with Crippen molar-refractivity contribution in [3.8, 4) is 0 Å². The van der Waals surface area contributed by atoms with Gasteiger partial charge in [0.05, 0.1) is 19.3 Å². The number of likely N-dealkylation sites (N-methyl/N-ethyl adjacent to an activating group) is 1. The minimum Gasteiger partial charge on any atom is -0.377 e. The van der Waals surface area contributed by atoms with E-state index < -0.39 is 0 Å². The van der Waals surface area contributed by atoms with Crippen LogP contribution in [0.5, 0.6) is 0 Å². The van der Waals surface area contributed by atoms with E-state index in [-0.39, 0.29) is 0 Å². The van der Waals surface area contributed by atoms with E-state index in [4.69, 9.17) is 9.47 Å².